The van der Waals surface area contributed by atoms with E-state index in [-0.39, 0.29) is 10.7 Å². The summed E-state index contributed by atoms with van der Waals surface area (Å²) in [6.45, 7) is 0. The lowest BCUT2D eigenvalue weighted by Gasteiger charge is -1.99. The molecule has 0 atom stereocenters. The van der Waals surface area contributed by atoms with Gasteiger partial charge in [-0.3, -0.25) is 0 Å². The van der Waals surface area contributed by atoms with Crippen LogP contribution in [0.15, 0.2) is 47.8 Å². The van der Waals surface area contributed by atoms with Crippen LogP contribution >= 0.6 is 23.2 Å². The topological polar surface area (TPSA) is 51.5 Å². The van der Waals surface area contributed by atoms with Crippen molar-refractivity contribution in [3.63, 3.8) is 0 Å². The number of nitrogens with zero attached hydrogens (tertiary/aromatic N) is 2. The van der Waals surface area contributed by atoms with E-state index in [9.17, 15) is 4.79 Å². The van der Waals surface area contributed by atoms with Gasteiger partial charge in [0.25, 0.3) is 0 Å². The minimum atomic E-state index is -0.679. The summed E-state index contributed by atoms with van der Waals surface area (Å²) in [7, 11) is 0. The molecule has 1 aromatic carbocycles. The summed E-state index contributed by atoms with van der Waals surface area (Å²) in [5.41, 5.74) is 0.801. The van der Waals surface area contributed by atoms with Crippen LogP contribution in [0.4, 0.5) is 0 Å². The lowest BCUT2D eigenvalue weighted by molar-refractivity contribution is 0.0519. The Labute approximate surface area is 119 Å². The molecule has 2 aromatic rings. The molecule has 0 amide bonds. The van der Waals surface area contributed by atoms with Crippen LogP contribution in [0.5, 0.6) is 0 Å². The van der Waals surface area contributed by atoms with Gasteiger partial charge < -0.3 is 4.84 Å². The van der Waals surface area contributed by atoms with Crippen molar-refractivity contribution >= 4 is 35.4 Å². The van der Waals surface area contributed by atoms with Crippen LogP contribution in [-0.4, -0.2) is 17.2 Å². The van der Waals surface area contributed by atoms with Gasteiger partial charge >= 0.3 is 5.97 Å². The molecule has 0 fully saturated rings. The fraction of sp³-hybridized carbons (Fsp3) is 0. The summed E-state index contributed by atoms with van der Waals surface area (Å²) >= 11 is 11.7. The quantitative estimate of drug-likeness (QED) is 0.376. The summed E-state index contributed by atoms with van der Waals surface area (Å²) in [4.78, 5) is 20.1. The molecule has 0 N–H and O–H groups in total. The van der Waals surface area contributed by atoms with Crippen molar-refractivity contribution in [3.8, 4) is 0 Å². The number of pyridine rings is 1. The monoisotopic (exact) mass is 294 g/mol. The Kier molecular flexibility index (Phi) is 4.49. The fourth-order valence-corrected chi connectivity index (χ4v) is 1.68. The molecule has 2 rings (SSSR count). The number of oxime groups is 1. The van der Waals surface area contributed by atoms with E-state index in [0.717, 1.165) is 0 Å². The smallest absolute Gasteiger partial charge is 0.313 e. The van der Waals surface area contributed by atoms with Gasteiger partial charge in [0.15, 0.2) is 0 Å². The second kappa shape index (κ2) is 6.31. The van der Waals surface area contributed by atoms with E-state index < -0.39 is 5.97 Å². The molecule has 19 heavy (non-hydrogen) atoms. The summed E-state index contributed by atoms with van der Waals surface area (Å²) in [6, 6.07) is 10.1. The van der Waals surface area contributed by atoms with Crippen LogP contribution in [0.1, 0.15) is 15.9 Å². The minimum absolute atomic E-state index is 0.0699. The zero-order chi connectivity index (χ0) is 13.7. The first-order valence-corrected chi connectivity index (χ1v) is 6.04. The molecule has 0 radical (unpaired) electrons. The number of rotatable bonds is 3. The van der Waals surface area contributed by atoms with E-state index in [1.807, 2.05) is 0 Å². The molecule has 0 bridgehead atoms. The summed E-state index contributed by atoms with van der Waals surface area (Å²) in [5.74, 6) is -0.679. The maximum atomic E-state index is 11.6. The number of hydrogen-bond donors (Lipinski definition) is 0. The molecular formula is C13H8Cl2N2O2. The Bertz CT molecular complexity index is 630. The molecule has 0 aliphatic rings. The van der Waals surface area contributed by atoms with E-state index in [1.54, 1.807) is 30.3 Å². The zero-order valence-electron chi connectivity index (χ0n) is 9.59. The van der Waals surface area contributed by atoms with Gasteiger partial charge in [-0.25, -0.2) is 9.78 Å². The molecule has 4 nitrogen and oxygen atoms in total. The SMILES string of the molecule is O=C(O/N=C/c1ccccc1Cl)c1cccnc1Cl. The van der Waals surface area contributed by atoms with Gasteiger partial charge in [0, 0.05) is 16.8 Å². The van der Waals surface area contributed by atoms with Crippen LogP contribution in [0.3, 0.4) is 0 Å². The Balaban J connectivity index is 2.06. The van der Waals surface area contributed by atoms with Gasteiger partial charge in [-0.15, -0.1) is 0 Å². The number of hydrogen-bond acceptors (Lipinski definition) is 4. The van der Waals surface area contributed by atoms with Gasteiger partial charge in [-0.05, 0) is 18.2 Å². The largest absolute Gasteiger partial charge is 0.368 e. The predicted molar refractivity (Wildman–Crippen MR) is 73.7 cm³/mol. The first kappa shape index (κ1) is 13.5. The highest BCUT2D eigenvalue weighted by Gasteiger charge is 2.11. The number of halogens is 2. The van der Waals surface area contributed by atoms with E-state index in [2.05, 4.69) is 10.1 Å². The van der Waals surface area contributed by atoms with E-state index in [1.165, 1.54) is 18.5 Å². The van der Waals surface area contributed by atoms with Gasteiger partial charge in [0.1, 0.15) is 5.15 Å². The van der Waals surface area contributed by atoms with Crippen molar-refractivity contribution < 1.29 is 9.63 Å². The maximum Gasteiger partial charge on any atom is 0.368 e. The third kappa shape index (κ3) is 3.53. The highest BCUT2D eigenvalue weighted by Crippen LogP contribution is 2.14. The van der Waals surface area contributed by atoms with Crippen molar-refractivity contribution in [3.05, 3.63) is 63.9 Å². The summed E-state index contributed by atoms with van der Waals surface area (Å²) in [6.07, 6.45) is 2.83. The Morgan fingerprint density at radius 2 is 2.00 bits per heavy atom. The van der Waals surface area contributed by atoms with Gasteiger partial charge in [0.05, 0.1) is 11.8 Å². The van der Waals surface area contributed by atoms with Crippen molar-refractivity contribution in [2.75, 3.05) is 0 Å². The normalized spacial score (nSPS) is 10.6. The van der Waals surface area contributed by atoms with E-state index in [4.69, 9.17) is 28.0 Å². The van der Waals surface area contributed by atoms with E-state index >= 15 is 0 Å². The molecule has 1 aromatic heterocycles. The highest BCUT2D eigenvalue weighted by molar-refractivity contribution is 6.33. The number of aromatic nitrogens is 1. The standard InChI is InChI=1S/C13H8Cl2N2O2/c14-11-6-2-1-4-9(11)8-17-19-13(18)10-5-3-7-16-12(10)15/h1-8H/b17-8+. The first-order valence-electron chi connectivity index (χ1n) is 5.28. The Morgan fingerprint density at radius 1 is 1.21 bits per heavy atom. The first-order chi connectivity index (χ1) is 9.18. The number of carbonyl (C=O) groups excluding carboxylic acids is 1. The lowest BCUT2D eigenvalue weighted by Crippen LogP contribution is -2.02. The van der Waals surface area contributed by atoms with Gasteiger partial charge in [-0.1, -0.05) is 46.6 Å². The van der Waals surface area contributed by atoms with Crippen LogP contribution in [0.2, 0.25) is 10.2 Å². The second-order valence-corrected chi connectivity index (χ2v) is 4.24. The highest BCUT2D eigenvalue weighted by atomic mass is 35.5. The van der Waals surface area contributed by atoms with Gasteiger partial charge in [-0.2, -0.15) is 0 Å². The van der Waals surface area contributed by atoms with Crippen molar-refractivity contribution in [2.45, 2.75) is 0 Å². The average Bonchev–Trinajstić information content (AvgIpc) is 2.41. The maximum absolute atomic E-state index is 11.6. The molecular weight excluding hydrogens is 287 g/mol. The average molecular weight is 295 g/mol. The molecule has 0 aliphatic carbocycles. The Morgan fingerprint density at radius 3 is 2.74 bits per heavy atom. The number of benzene rings is 1. The van der Waals surface area contributed by atoms with Crippen molar-refractivity contribution in [1.82, 2.24) is 4.98 Å². The molecule has 6 heteroatoms. The van der Waals surface area contributed by atoms with Crippen molar-refractivity contribution in [2.24, 2.45) is 5.16 Å². The lowest BCUT2D eigenvalue weighted by atomic mass is 10.2. The van der Waals surface area contributed by atoms with Crippen LogP contribution < -0.4 is 0 Å². The zero-order valence-corrected chi connectivity index (χ0v) is 11.1. The molecule has 0 saturated heterocycles. The molecule has 0 saturated carbocycles. The molecule has 96 valence electrons. The fourth-order valence-electron chi connectivity index (χ4n) is 1.30. The van der Waals surface area contributed by atoms with Crippen LogP contribution in [0, 0.1) is 0 Å². The predicted octanol–water partition coefficient (Wildman–Crippen LogP) is 3.58. The van der Waals surface area contributed by atoms with Crippen molar-refractivity contribution in [1.29, 1.82) is 0 Å². The van der Waals surface area contributed by atoms with Gasteiger partial charge in [0.2, 0.25) is 0 Å². The number of carbonyl (C=O) groups is 1. The molecule has 1 heterocycles. The van der Waals surface area contributed by atoms with Crippen LogP contribution in [0.25, 0.3) is 0 Å². The van der Waals surface area contributed by atoms with E-state index in [0.29, 0.717) is 10.6 Å². The summed E-state index contributed by atoms with van der Waals surface area (Å²) < 4.78 is 0. The minimum Gasteiger partial charge on any atom is -0.313 e. The third-order valence-corrected chi connectivity index (χ3v) is 2.86. The Hall–Kier alpha value is -1.91. The molecule has 0 spiro atoms. The molecule has 0 aliphatic heterocycles. The molecule has 0 unspecified atom stereocenters. The second-order valence-electron chi connectivity index (χ2n) is 3.48. The third-order valence-electron chi connectivity index (χ3n) is 2.21. The summed E-state index contributed by atoms with van der Waals surface area (Å²) in [5, 5.41) is 4.16. The van der Waals surface area contributed by atoms with Crippen LogP contribution in [-0.2, 0) is 4.84 Å².